The van der Waals surface area contributed by atoms with Gasteiger partial charge in [-0.25, -0.2) is 0 Å². The molecule has 0 radical (unpaired) electrons. The van der Waals surface area contributed by atoms with Gasteiger partial charge in [0.1, 0.15) is 0 Å². The summed E-state index contributed by atoms with van der Waals surface area (Å²) < 4.78 is 0. The van der Waals surface area contributed by atoms with E-state index in [-0.39, 0.29) is 0 Å². The van der Waals surface area contributed by atoms with Crippen LogP contribution in [0.4, 0.5) is 5.69 Å². The van der Waals surface area contributed by atoms with Crippen LogP contribution in [-0.4, -0.2) is 6.04 Å². The van der Waals surface area contributed by atoms with Crippen molar-refractivity contribution < 1.29 is 0 Å². The zero-order valence-corrected chi connectivity index (χ0v) is 12.9. The molecule has 1 aliphatic rings. The zero-order chi connectivity index (χ0) is 14.5. The van der Waals surface area contributed by atoms with Crippen molar-refractivity contribution in [2.75, 3.05) is 5.32 Å². The summed E-state index contributed by atoms with van der Waals surface area (Å²) in [6.45, 7) is 2.33. The van der Waals surface area contributed by atoms with Gasteiger partial charge in [0, 0.05) is 17.3 Å². The number of nitrogens with one attached hydrogen (secondary N) is 1. The number of rotatable bonds is 4. The van der Waals surface area contributed by atoms with Crippen LogP contribution >= 0.6 is 0 Å². The molecule has 1 saturated carbocycles. The molecule has 2 unspecified atom stereocenters. The Bertz CT molecular complexity index is 561. The van der Waals surface area contributed by atoms with Gasteiger partial charge < -0.3 is 5.32 Å². The molecule has 0 saturated heterocycles. The van der Waals surface area contributed by atoms with Gasteiger partial charge >= 0.3 is 0 Å². The lowest BCUT2D eigenvalue weighted by Gasteiger charge is -2.33. The third kappa shape index (κ3) is 3.29. The molecular formula is C20H25N. The molecule has 1 aliphatic carbocycles. The van der Waals surface area contributed by atoms with Crippen LogP contribution in [-0.2, 0) is 0 Å². The Morgan fingerprint density at radius 3 is 2.43 bits per heavy atom. The Labute approximate surface area is 128 Å². The van der Waals surface area contributed by atoms with Crippen molar-refractivity contribution in [3.8, 4) is 11.1 Å². The smallest absolute Gasteiger partial charge is 0.0422 e. The summed E-state index contributed by atoms with van der Waals surface area (Å²) in [5.74, 6) is 0.822. The largest absolute Gasteiger partial charge is 0.382 e. The lowest BCUT2D eigenvalue weighted by atomic mass is 9.82. The second kappa shape index (κ2) is 6.80. The van der Waals surface area contributed by atoms with E-state index in [9.17, 15) is 0 Å². The molecule has 21 heavy (non-hydrogen) atoms. The highest BCUT2D eigenvalue weighted by Crippen LogP contribution is 2.33. The first-order chi connectivity index (χ1) is 10.4. The molecule has 1 fully saturated rings. The highest BCUT2D eigenvalue weighted by Gasteiger charge is 2.23. The van der Waals surface area contributed by atoms with E-state index in [4.69, 9.17) is 0 Å². The molecule has 2 aromatic rings. The highest BCUT2D eigenvalue weighted by molar-refractivity contribution is 5.77. The van der Waals surface area contributed by atoms with Gasteiger partial charge in [-0.2, -0.15) is 0 Å². The second-order valence-electron chi connectivity index (χ2n) is 6.12. The summed E-state index contributed by atoms with van der Waals surface area (Å²) in [6.07, 6.45) is 6.73. The highest BCUT2D eigenvalue weighted by atomic mass is 14.9. The van der Waals surface area contributed by atoms with Crippen molar-refractivity contribution in [1.82, 2.24) is 0 Å². The standard InChI is InChI=1S/C20H25N/c1-2-16-10-6-8-14-19(16)21-20-15-9-7-13-18(20)17-11-4-3-5-12-17/h3-5,7,9,11-13,15-16,19,21H,2,6,8,10,14H2,1H3. The van der Waals surface area contributed by atoms with Crippen LogP contribution in [0.5, 0.6) is 0 Å². The number of anilines is 1. The van der Waals surface area contributed by atoms with E-state index in [0.29, 0.717) is 6.04 Å². The van der Waals surface area contributed by atoms with Crippen LogP contribution in [0.1, 0.15) is 39.0 Å². The summed E-state index contributed by atoms with van der Waals surface area (Å²) in [5, 5.41) is 3.85. The SMILES string of the molecule is CCC1CCCCC1Nc1ccccc1-c1ccccc1. The maximum Gasteiger partial charge on any atom is 0.0422 e. The molecule has 0 heterocycles. The minimum Gasteiger partial charge on any atom is -0.382 e. The van der Waals surface area contributed by atoms with Gasteiger partial charge in [-0.3, -0.25) is 0 Å². The van der Waals surface area contributed by atoms with E-state index in [1.807, 2.05) is 0 Å². The van der Waals surface area contributed by atoms with Crippen molar-refractivity contribution in [2.24, 2.45) is 5.92 Å². The topological polar surface area (TPSA) is 12.0 Å². The Morgan fingerprint density at radius 2 is 1.62 bits per heavy atom. The summed E-state index contributed by atoms with van der Waals surface area (Å²) >= 11 is 0. The minimum atomic E-state index is 0.633. The minimum absolute atomic E-state index is 0.633. The number of benzene rings is 2. The number of hydrogen-bond acceptors (Lipinski definition) is 1. The normalized spacial score (nSPS) is 22.0. The van der Waals surface area contributed by atoms with E-state index in [2.05, 4.69) is 66.8 Å². The quantitative estimate of drug-likeness (QED) is 0.753. The fourth-order valence-electron chi connectivity index (χ4n) is 3.56. The maximum atomic E-state index is 3.85. The molecule has 2 atom stereocenters. The van der Waals surface area contributed by atoms with Gasteiger partial charge in [0.15, 0.2) is 0 Å². The lowest BCUT2D eigenvalue weighted by molar-refractivity contribution is 0.317. The fraction of sp³-hybridized carbons (Fsp3) is 0.400. The molecule has 3 rings (SSSR count). The van der Waals surface area contributed by atoms with E-state index < -0.39 is 0 Å². The molecular weight excluding hydrogens is 254 g/mol. The summed E-state index contributed by atoms with van der Waals surface area (Å²) in [4.78, 5) is 0. The van der Waals surface area contributed by atoms with Crippen LogP contribution in [0.2, 0.25) is 0 Å². The average Bonchev–Trinajstić information content (AvgIpc) is 2.57. The van der Waals surface area contributed by atoms with Crippen molar-refractivity contribution in [3.05, 3.63) is 54.6 Å². The molecule has 1 nitrogen and oxygen atoms in total. The van der Waals surface area contributed by atoms with Crippen LogP contribution in [0, 0.1) is 5.92 Å². The summed E-state index contributed by atoms with van der Waals surface area (Å²) in [7, 11) is 0. The average molecular weight is 279 g/mol. The predicted octanol–water partition coefficient (Wildman–Crippen LogP) is 5.73. The number of para-hydroxylation sites is 1. The lowest BCUT2D eigenvalue weighted by Crippen LogP contribution is -2.31. The Balaban J connectivity index is 1.85. The van der Waals surface area contributed by atoms with Crippen LogP contribution in [0.3, 0.4) is 0 Å². The first kappa shape index (κ1) is 14.2. The van der Waals surface area contributed by atoms with Crippen LogP contribution in [0.25, 0.3) is 11.1 Å². The van der Waals surface area contributed by atoms with E-state index in [1.165, 1.54) is 48.9 Å². The Morgan fingerprint density at radius 1 is 0.905 bits per heavy atom. The van der Waals surface area contributed by atoms with Gasteiger partial charge in [-0.1, -0.05) is 74.7 Å². The van der Waals surface area contributed by atoms with Gasteiger partial charge in [0.25, 0.3) is 0 Å². The molecule has 1 N–H and O–H groups in total. The van der Waals surface area contributed by atoms with Crippen molar-refractivity contribution >= 4 is 5.69 Å². The van der Waals surface area contributed by atoms with Crippen LogP contribution < -0.4 is 5.32 Å². The Hall–Kier alpha value is -1.76. The van der Waals surface area contributed by atoms with Gasteiger partial charge in [-0.15, -0.1) is 0 Å². The third-order valence-corrected chi connectivity index (χ3v) is 4.79. The molecule has 110 valence electrons. The molecule has 0 bridgehead atoms. The molecule has 0 aliphatic heterocycles. The van der Waals surface area contributed by atoms with E-state index in [0.717, 1.165) is 5.92 Å². The molecule has 1 heteroatoms. The van der Waals surface area contributed by atoms with Gasteiger partial charge in [0.2, 0.25) is 0 Å². The van der Waals surface area contributed by atoms with E-state index in [1.54, 1.807) is 0 Å². The molecule has 0 spiro atoms. The zero-order valence-electron chi connectivity index (χ0n) is 12.9. The van der Waals surface area contributed by atoms with E-state index >= 15 is 0 Å². The maximum absolute atomic E-state index is 3.85. The van der Waals surface area contributed by atoms with Gasteiger partial charge in [-0.05, 0) is 30.4 Å². The third-order valence-electron chi connectivity index (χ3n) is 4.79. The fourth-order valence-corrected chi connectivity index (χ4v) is 3.56. The van der Waals surface area contributed by atoms with Crippen molar-refractivity contribution in [2.45, 2.75) is 45.1 Å². The van der Waals surface area contributed by atoms with Crippen LogP contribution in [0.15, 0.2) is 54.6 Å². The molecule has 2 aromatic carbocycles. The first-order valence-electron chi connectivity index (χ1n) is 8.29. The molecule has 0 aromatic heterocycles. The Kier molecular flexibility index (Phi) is 4.59. The summed E-state index contributed by atoms with van der Waals surface area (Å²) in [5.41, 5.74) is 3.90. The predicted molar refractivity (Wildman–Crippen MR) is 91.5 cm³/mol. The monoisotopic (exact) mass is 279 g/mol. The first-order valence-corrected chi connectivity index (χ1v) is 8.29. The van der Waals surface area contributed by atoms with Crippen molar-refractivity contribution in [3.63, 3.8) is 0 Å². The molecule has 0 amide bonds. The second-order valence-corrected chi connectivity index (χ2v) is 6.12. The van der Waals surface area contributed by atoms with Gasteiger partial charge in [0.05, 0.1) is 0 Å². The number of hydrogen-bond donors (Lipinski definition) is 1. The summed E-state index contributed by atoms with van der Waals surface area (Å²) in [6, 6.07) is 20.0. The van der Waals surface area contributed by atoms with Crippen molar-refractivity contribution in [1.29, 1.82) is 0 Å².